The van der Waals surface area contributed by atoms with Crippen LogP contribution < -0.4 is 9.47 Å². The van der Waals surface area contributed by atoms with Gasteiger partial charge in [-0.05, 0) is 24.6 Å². The van der Waals surface area contributed by atoms with Gasteiger partial charge >= 0.3 is 12.1 Å². The number of rotatable bonds is 3. The van der Waals surface area contributed by atoms with Crippen LogP contribution in [0.4, 0.5) is 4.79 Å². The molecule has 0 radical (unpaired) electrons. The van der Waals surface area contributed by atoms with E-state index in [1.165, 1.54) is 7.11 Å². The first-order valence-electron chi connectivity index (χ1n) is 8.20. The minimum absolute atomic E-state index is 0.0540. The molecule has 5 nitrogen and oxygen atoms in total. The third-order valence-corrected chi connectivity index (χ3v) is 5.50. The van der Waals surface area contributed by atoms with Crippen LogP contribution in [0.1, 0.15) is 29.4 Å². The molecule has 0 spiro atoms. The number of halogens is 2. The first kappa shape index (κ1) is 17.9. The fourth-order valence-electron chi connectivity index (χ4n) is 3.84. The normalized spacial score (nSPS) is 19.4. The Morgan fingerprint density at radius 2 is 1.89 bits per heavy atom. The number of carbonyl (C=O) groups excluding carboxylic acids is 2. The molecule has 2 aromatic rings. The van der Waals surface area contributed by atoms with Gasteiger partial charge < -0.3 is 14.2 Å². The molecule has 0 N–H and O–H groups in total. The number of methoxy groups -OCH3 is 1. The monoisotopic (exact) mass is 404 g/mol. The van der Waals surface area contributed by atoms with Gasteiger partial charge in [-0.2, -0.15) is 0 Å². The molecule has 0 amide bonds. The molecule has 2 bridgehead atoms. The smallest absolute Gasteiger partial charge is 0.437 e. The van der Waals surface area contributed by atoms with Gasteiger partial charge in [0.05, 0.1) is 7.11 Å². The summed E-state index contributed by atoms with van der Waals surface area (Å²) in [5.74, 6) is -0.0303. The lowest BCUT2D eigenvalue weighted by molar-refractivity contribution is -0.128. The van der Waals surface area contributed by atoms with Crippen LogP contribution in [-0.2, 0) is 9.53 Å². The highest BCUT2D eigenvalue weighted by Crippen LogP contribution is 2.61. The van der Waals surface area contributed by atoms with E-state index in [9.17, 15) is 9.59 Å². The van der Waals surface area contributed by atoms with Gasteiger partial charge in [-0.25, -0.2) is 9.59 Å². The van der Waals surface area contributed by atoms with E-state index >= 15 is 0 Å². The van der Waals surface area contributed by atoms with Gasteiger partial charge in [0.2, 0.25) is 0 Å². The Labute approximate surface area is 165 Å². The summed E-state index contributed by atoms with van der Waals surface area (Å²) in [5, 5.41) is 2.27. The number of fused-ring (bicyclic) bond motifs is 6. The van der Waals surface area contributed by atoms with Crippen LogP contribution in [0.2, 0.25) is 5.02 Å². The van der Waals surface area contributed by atoms with Crippen molar-refractivity contribution in [2.45, 2.75) is 18.3 Å². The first-order valence-corrected chi connectivity index (χ1v) is 8.96. The highest BCUT2D eigenvalue weighted by molar-refractivity contribution is 6.32. The van der Waals surface area contributed by atoms with Gasteiger partial charge in [0.1, 0.15) is 11.5 Å². The van der Waals surface area contributed by atoms with Crippen molar-refractivity contribution in [3.63, 3.8) is 0 Å². The van der Waals surface area contributed by atoms with E-state index in [4.69, 9.17) is 32.7 Å². The summed E-state index contributed by atoms with van der Waals surface area (Å²) in [4.78, 5) is 23.8. The Bertz CT molecular complexity index is 1040. The van der Waals surface area contributed by atoms with Crippen LogP contribution in [0.15, 0.2) is 42.0 Å². The lowest BCUT2D eigenvalue weighted by Crippen LogP contribution is -2.13. The summed E-state index contributed by atoms with van der Waals surface area (Å²) in [5.41, 5.74) is 1.51. The number of benzene rings is 2. The summed E-state index contributed by atoms with van der Waals surface area (Å²) >= 11 is 12.6. The van der Waals surface area contributed by atoms with Gasteiger partial charge in [0.25, 0.3) is 0 Å². The number of esters is 1. The van der Waals surface area contributed by atoms with Gasteiger partial charge in [-0.1, -0.05) is 35.9 Å². The highest BCUT2D eigenvalue weighted by Gasteiger charge is 2.44. The molecule has 4 rings (SSSR count). The molecular weight excluding hydrogens is 391 g/mol. The number of hydrogen-bond acceptors (Lipinski definition) is 5. The zero-order valence-electron chi connectivity index (χ0n) is 14.3. The SMILES string of the molecule is C=CC(=O)Oc1c2c(c(OC(=O)OC)c3cc(Cl)ccc13)C1C=C(Cl)C2C1. The van der Waals surface area contributed by atoms with E-state index in [2.05, 4.69) is 11.3 Å². The molecule has 7 heteroatoms. The number of hydrogen-bond donors (Lipinski definition) is 0. The minimum atomic E-state index is -0.841. The van der Waals surface area contributed by atoms with Crippen LogP contribution in [0.25, 0.3) is 10.8 Å². The van der Waals surface area contributed by atoms with Crippen LogP contribution >= 0.6 is 23.2 Å². The molecule has 0 fully saturated rings. The minimum Gasteiger partial charge on any atom is -0.437 e. The molecule has 138 valence electrons. The molecule has 0 aromatic heterocycles. The van der Waals surface area contributed by atoms with Gasteiger partial charge in [0.15, 0.2) is 0 Å². The number of ether oxygens (including phenoxy) is 3. The van der Waals surface area contributed by atoms with Crippen molar-refractivity contribution >= 4 is 46.1 Å². The van der Waals surface area contributed by atoms with Crippen molar-refractivity contribution in [2.75, 3.05) is 7.11 Å². The average Bonchev–Trinajstić information content (AvgIpc) is 3.21. The van der Waals surface area contributed by atoms with Crippen LogP contribution in [0, 0.1) is 0 Å². The van der Waals surface area contributed by atoms with Crippen molar-refractivity contribution in [3.05, 3.63) is 58.1 Å². The molecule has 2 aliphatic carbocycles. The molecule has 2 aliphatic rings. The molecule has 0 saturated carbocycles. The molecule has 0 saturated heterocycles. The van der Waals surface area contributed by atoms with Gasteiger partial charge in [0, 0.05) is 49.9 Å². The third-order valence-electron chi connectivity index (χ3n) is 4.87. The standard InChI is InChI=1S/C20H14Cl2O5/c1-3-15(23)26-18-11-5-4-10(21)8-12(11)19(27-20(24)25-2)16-9-6-13(17(16)18)14(22)7-9/h3-5,7-9,13H,1,6H2,2H3. The maximum Gasteiger partial charge on any atom is 0.513 e. The molecule has 0 aliphatic heterocycles. The Kier molecular flexibility index (Phi) is 4.36. The van der Waals surface area contributed by atoms with Crippen molar-refractivity contribution in [1.29, 1.82) is 0 Å². The summed E-state index contributed by atoms with van der Waals surface area (Å²) in [6.45, 7) is 3.46. The summed E-state index contributed by atoms with van der Waals surface area (Å²) in [6.07, 6.45) is 2.90. The molecule has 0 heterocycles. The quantitative estimate of drug-likeness (QED) is 0.295. The molecule has 2 unspecified atom stereocenters. The van der Waals surface area contributed by atoms with Crippen molar-refractivity contribution < 1.29 is 23.8 Å². The fraction of sp³-hybridized carbons (Fsp3) is 0.200. The molecule has 27 heavy (non-hydrogen) atoms. The van der Waals surface area contributed by atoms with E-state index in [0.29, 0.717) is 38.7 Å². The average molecular weight is 405 g/mol. The fourth-order valence-corrected chi connectivity index (χ4v) is 4.36. The van der Waals surface area contributed by atoms with Crippen molar-refractivity contribution in [3.8, 4) is 11.5 Å². The van der Waals surface area contributed by atoms with Crippen LogP contribution in [0.3, 0.4) is 0 Å². The van der Waals surface area contributed by atoms with Crippen molar-refractivity contribution in [1.82, 2.24) is 0 Å². The predicted octanol–water partition coefficient (Wildman–Crippen LogP) is 5.44. The van der Waals surface area contributed by atoms with Crippen LogP contribution in [0.5, 0.6) is 11.5 Å². The Hall–Kier alpha value is -2.50. The second kappa shape index (κ2) is 6.59. The van der Waals surface area contributed by atoms with E-state index in [0.717, 1.165) is 17.2 Å². The van der Waals surface area contributed by atoms with E-state index in [1.807, 2.05) is 6.08 Å². The Balaban J connectivity index is 2.06. The predicted molar refractivity (Wildman–Crippen MR) is 102 cm³/mol. The second-order valence-electron chi connectivity index (χ2n) is 6.30. The van der Waals surface area contributed by atoms with E-state index in [1.54, 1.807) is 18.2 Å². The summed E-state index contributed by atoms with van der Waals surface area (Å²) < 4.78 is 15.8. The zero-order valence-corrected chi connectivity index (χ0v) is 15.8. The topological polar surface area (TPSA) is 61.8 Å². The van der Waals surface area contributed by atoms with E-state index in [-0.39, 0.29) is 11.8 Å². The Morgan fingerprint density at radius 3 is 2.59 bits per heavy atom. The largest absolute Gasteiger partial charge is 0.513 e. The molecule has 2 aromatic carbocycles. The maximum atomic E-state index is 12.0. The lowest BCUT2D eigenvalue weighted by atomic mass is 9.90. The van der Waals surface area contributed by atoms with Crippen molar-refractivity contribution in [2.24, 2.45) is 0 Å². The lowest BCUT2D eigenvalue weighted by Gasteiger charge is -2.22. The van der Waals surface area contributed by atoms with E-state index < -0.39 is 12.1 Å². The van der Waals surface area contributed by atoms with Gasteiger partial charge in [-0.15, -0.1) is 0 Å². The second-order valence-corrected chi connectivity index (χ2v) is 7.18. The Morgan fingerprint density at radius 1 is 1.15 bits per heavy atom. The van der Waals surface area contributed by atoms with Crippen LogP contribution in [-0.4, -0.2) is 19.2 Å². The zero-order chi connectivity index (χ0) is 19.3. The third kappa shape index (κ3) is 2.78. The summed E-state index contributed by atoms with van der Waals surface area (Å²) in [6, 6.07) is 5.06. The maximum absolute atomic E-state index is 12.0. The number of allylic oxidation sites excluding steroid dienone is 2. The number of carbonyl (C=O) groups is 2. The molecular formula is C20H14Cl2O5. The molecule has 2 atom stereocenters. The highest BCUT2D eigenvalue weighted by atomic mass is 35.5. The first-order chi connectivity index (χ1) is 12.9. The summed E-state index contributed by atoms with van der Waals surface area (Å²) in [7, 11) is 1.24. The van der Waals surface area contributed by atoms with Gasteiger partial charge in [-0.3, -0.25) is 0 Å².